The van der Waals surface area contributed by atoms with Crippen LogP contribution >= 0.6 is 0 Å². The number of rotatable bonds is 1. The third kappa shape index (κ3) is 1.52. The van der Waals surface area contributed by atoms with Gasteiger partial charge < -0.3 is 9.32 Å². The molecule has 0 atom stereocenters. The maximum absolute atomic E-state index is 5.10. The van der Waals surface area contributed by atoms with Crippen LogP contribution in [-0.4, -0.2) is 11.9 Å². The minimum Gasteiger partial charge on any atom is -0.472 e. The predicted octanol–water partition coefficient (Wildman–Crippen LogP) is 3.36. The van der Waals surface area contributed by atoms with E-state index in [9.17, 15) is 0 Å². The lowest BCUT2D eigenvalue weighted by Crippen LogP contribution is -2.14. The van der Waals surface area contributed by atoms with Crippen molar-refractivity contribution in [3.05, 3.63) is 54.1 Å². The second kappa shape index (κ2) is 3.56. The summed E-state index contributed by atoms with van der Waals surface area (Å²) < 4.78 is 5.10. The lowest BCUT2D eigenvalue weighted by atomic mass is 9.99. The Hall–Kier alpha value is -1.96. The van der Waals surface area contributed by atoms with E-state index in [-0.39, 0.29) is 0 Å². The molecule has 1 aliphatic heterocycles. The van der Waals surface area contributed by atoms with Gasteiger partial charge >= 0.3 is 0 Å². The van der Waals surface area contributed by atoms with E-state index in [1.165, 1.54) is 16.7 Å². The molecule has 2 aromatic rings. The van der Waals surface area contributed by atoms with Crippen LogP contribution in [-0.2, 0) is 6.54 Å². The van der Waals surface area contributed by atoms with Crippen LogP contribution in [0.15, 0.2) is 47.4 Å². The average molecular weight is 211 g/mol. The minimum absolute atomic E-state index is 0.984. The first-order valence-corrected chi connectivity index (χ1v) is 5.37. The molecule has 0 bridgehead atoms. The Morgan fingerprint density at radius 3 is 2.94 bits per heavy atom. The van der Waals surface area contributed by atoms with Gasteiger partial charge in [-0.05, 0) is 41.1 Å². The largest absolute Gasteiger partial charge is 0.472 e. The van der Waals surface area contributed by atoms with Crippen LogP contribution in [0.3, 0.4) is 0 Å². The first-order valence-electron chi connectivity index (χ1n) is 5.37. The summed E-state index contributed by atoms with van der Waals surface area (Å²) in [5.74, 6) is 0. The average Bonchev–Trinajstić information content (AvgIpc) is 2.82. The SMILES string of the molecule is CN1C=Cc2cc(-c3ccoc3)ccc2C1. The van der Waals surface area contributed by atoms with Gasteiger partial charge in [-0.1, -0.05) is 12.1 Å². The summed E-state index contributed by atoms with van der Waals surface area (Å²) in [6, 6.07) is 8.54. The summed E-state index contributed by atoms with van der Waals surface area (Å²) in [5.41, 5.74) is 5.02. The molecule has 0 fully saturated rings. The number of hydrogen-bond acceptors (Lipinski definition) is 2. The third-order valence-corrected chi connectivity index (χ3v) is 2.93. The Morgan fingerprint density at radius 1 is 1.19 bits per heavy atom. The normalized spacial score (nSPS) is 13.9. The van der Waals surface area contributed by atoms with E-state index < -0.39 is 0 Å². The summed E-state index contributed by atoms with van der Waals surface area (Å²) in [7, 11) is 2.09. The quantitative estimate of drug-likeness (QED) is 0.719. The van der Waals surface area contributed by atoms with Crippen LogP contribution in [0, 0.1) is 0 Å². The van der Waals surface area contributed by atoms with Gasteiger partial charge in [-0.2, -0.15) is 0 Å². The fourth-order valence-electron chi connectivity index (χ4n) is 2.03. The highest BCUT2D eigenvalue weighted by Gasteiger charge is 2.09. The zero-order valence-corrected chi connectivity index (χ0v) is 9.18. The molecule has 2 heterocycles. The second-order valence-corrected chi connectivity index (χ2v) is 4.16. The van der Waals surface area contributed by atoms with Crippen LogP contribution in [0.4, 0.5) is 0 Å². The van der Waals surface area contributed by atoms with E-state index in [1.807, 2.05) is 6.07 Å². The van der Waals surface area contributed by atoms with Crippen molar-refractivity contribution in [1.82, 2.24) is 4.90 Å². The molecule has 0 radical (unpaired) electrons. The lowest BCUT2D eigenvalue weighted by molar-refractivity contribution is 0.448. The zero-order valence-electron chi connectivity index (χ0n) is 9.18. The maximum Gasteiger partial charge on any atom is 0.0980 e. The van der Waals surface area contributed by atoms with Gasteiger partial charge in [0.15, 0.2) is 0 Å². The van der Waals surface area contributed by atoms with E-state index >= 15 is 0 Å². The predicted molar refractivity (Wildman–Crippen MR) is 64.6 cm³/mol. The first kappa shape index (κ1) is 9.28. The second-order valence-electron chi connectivity index (χ2n) is 4.16. The van der Waals surface area contributed by atoms with E-state index in [0.717, 1.165) is 12.1 Å². The molecule has 3 rings (SSSR count). The monoisotopic (exact) mass is 211 g/mol. The molecule has 0 spiro atoms. The topological polar surface area (TPSA) is 16.4 Å². The van der Waals surface area contributed by atoms with Crippen LogP contribution in [0.25, 0.3) is 17.2 Å². The molecule has 0 saturated carbocycles. The highest BCUT2D eigenvalue weighted by molar-refractivity contribution is 5.68. The summed E-state index contributed by atoms with van der Waals surface area (Å²) in [6.07, 6.45) is 7.75. The Labute approximate surface area is 94.8 Å². The van der Waals surface area contributed by atoms with Crippen molar-refractivity contribution in [2.45, 2.75) is 6.54 Å². The molecule has 0 N–H and O–H groups in total. The van der Waals surface area contributed by atoms with Crippen LogP contribution < -0.4 is 0 Å². The summed E-state index contributed by atoms with van der Waals surface area (Å²) in [5, 5.41) is 0. The number of furan rings is 1. The Balaban J connectivity index is 2.05. The Morgan fingerprint density at radius 2 is 2.12 bits per heavy atom. The van der Waals surface area contributed by atoms with Gasteiger partial charge in [0.2, 0.25) is 0 Å². The maximum atomic E-state index is 5.10. The molecule has 1 aliphatic rings. The number of nitrogens with zero attached hydrogens (tertiary/aromatic N) is 1. The molecule has 2 heteroatoms. The van der Waals surface area contributed by atoms with Crippen LogP contribution in [0.1, 0.15) is 11.1 Å². The molecule has 80 valence electrons. The van der Waals surface area contributed by atoms with Crippen molar-refractivity contribution >= 4 is 6.08 Å². The molecule has 1 aromatic carbocycles. The van der Waals surface area contributed by atoms with E-state index in [0.29, 0.717) is 0 Å². The van der Waals surface area contributed by atoms with Gasteiger partial charge in [0.1, 0.15) is 0 Å². The molecule has 2 nitrogen and oxygen atoms in total. The molecular formula is C14H13NO. The standard InChI is InChI=1S/C14H13NO/c1-15-6-4-12-8-11(2-3-13(12)9-15)14-5-7-16-10-14/h2-8,10H,9H2,1H3. The highest BCUT2D eigenvalue weighted by Crippen LogP contribution is 2.26. The molecule has 16 heavy (non-hydrogen) atoms. The van der Waals surface area contributed by atoms with Gasteiger partial charge in [-0.25, -0.2) is 0 Å². The number of fused-ring (bicyclic) bond motifs is 1. The molecule has 0 aliphatic carbocycles. The molecule has 0 unspecified atom stereocenters. The van der Waals surface area contributed by atoms with Crippen molar-refractivity contribution in [2.24, 2.45) is 0 Å². The zero-order chi connectivity index (χ0) is 11.0. The van der Waals surface area contributed by atoms with Gasteiger partial charge in [0, 0.05) is 19.2 Å². The fraction of sp³-hybridized carbons (Fsp3) is 0.143. The molecule has 0 amide bonds. The van der Waals surface area contributed by atoms with Gasteiger partial charge in [-0.15, -0.1) is 0 Å². The summed E-state index contributed by atoms with van der Waals surface area (Å²) in [6.45, 7) is 0.984. The van der Waals surface area contributed by atoms with Gasteiger partial charge in [-0.3, -0.25) is 0 Å². The van der Waals surface area contributed by atoms with E-state index in [2.05, 4.69) is 42.4 Å². The van der Waals surface area contributed by atoms with Crippen molar-refractivity contribution in [1.29, 1.82) is 0 Å². The van der Waals surface area contributed by atoms with E-state index in [4.69, 9.17) is 4.42 Å². The van der Waals surface area contributed by atoms with Gasteiger partial charge in [0.05, 0.1) is 12.5 Å². The summed E-state index contributed by atoms with van der Waals surface area (Å²) in [4.78, 5) is 2.18. The van der Waals surface area contributed by atoms with Crippen molar-refractivity contribution in [3.8, 4) is 11.1 Å². The van der Waals surface area contributed by atoms with Crippen LogP contribution in [0.2, 0.25) is 0 Å². The fourth-order valence-corrected chi connectivity index (χ4v) is 2.03. The van der Waals surface area contributed by atoms with Crippen molar-refractivity contribution < 1.29 is 4.42 Å². The van der Waals surface area contributed by atoms with Crippen molar-refractivity contribution in [3.63, 3.8) is 0 Å². The van der Waals surface area contributed by atoms with Crippen molar-refractivity contribution in [2.75, 3.05) is 7.05 Å². The third-order valence-electron chi connectivity index (χ3n) is 2.93. The molecule has 0 saturated heterocycles. The molecule has 1 aromatic heterocycles. The number of benzene rings is 1. The van der Waals surface area contributed by atoms with E-state index in [1.54, 1.807) is 12.5 Å². The first-order chi connectivity index (χ1) is 7.83. The minimum atomic E-state index is 0.984. The van der Waals surface area contributed by atoms with Crippen LogP contribution in [0.5, 0.6) is 0 Å². The Bertz CT molecular complexity index is 526. The smallest absolute Gasteiger partial charge is 0.0980 e. The lowest BCUT2D eigenvalue weighted by Gasteiger charge is -2.21. The highest BCUT2D eigenvalue weighted by atomic mass is 16.3. The summed E-state index contributed by atoms with van der Waals surface area (Å²) >= 11 is 0. The molecular weight excluding hydrogens is 198 g/mol. The van der Waals surface area contributed by atoms with Gasteiger partial charge in [0.25, 0.3) is 0 Å². The number of hydrogen-bond donors (Lipinski definition) is 0. The Kier molecular flexibility index (Phi) is 2.07.